The molecule has 10 heteroatoms. The first-order valence-electron chi connectivity index (χ1n) is 5.92. The number of hydrogen-bond acceptors (Lipinski definition) is 7. The fourth-order valence-electron chi connectivity index (χ4n) is 1.72. The zero-order valence-electron chi connectivity index (χ0n) is 10.8. The standard InChI is InChI=1S/C12H8N4O5S/c17-12(8-3-1-4-9(7-8)22(18,19)20)21-16-11-10(14-15-16)5-2-6-13-11/h1-7H,(H,18,19,20). The van der Waals surface area contributed by atoms with Gasteiger partial charge in [0.1, 0.15) is 5.52 Å². The van der Waals surface area contributed by atoms with Crippen LogP contribution in [0.2, 0.25) is 0 Å². The molecule has 0 bridgehead atoms. The van der Waals surface area contributed by atoms with Crippen LogP contribution in [0.1, 0.15) is 10.4 Å². The van der Waals surface area contributed by atoms with E-state index in [0.29, 0.717) is 5.52 Å². The molecule has 0 atom stereocenters. The maximum absolute atomic E-state index is 12.0. The summed E-state index contributed by atoms with van der Waals surface area (Å²) in [7, 11) is -4.41. The molecular formula is C12H8N4O5S. The Morgan fingerprint density at radius 1 is 1.23 bits per heavy atom. The molecule has 3 aromatic rings. The van der Waals surface area contributed by atoms with Crippen LogP contribution in [0.4, 0.5) is 0 Å². The van der Waals surface area contributed by atoms with E-state index in [0.717, 1.165) is 17.0 Å². The zero-order valence-corrected chi connectivity index (χ0v) is 11.6. The van der Waals surface area contributed by atoms with E-state index in [1.54, 1.807) is 12.1 Å². The van der Waals surface area contributed by atoms with Gasteiger partial charge in [-0.3, -0.25) is 4.55 Å². The lowest BCUT2D eigenvalue weighted by Gasteiger charge is -2.04. The minimum Gasteiger partial charge on any atom is -0.310 e. The predicted octanol–water partition coefficient (Wildman–Crippen LogP) is 0.342. The Bertz CT molecular complexity index is 966. The third kappa shape index (κ3) is 2.64. The number of benzene rings is 1. The number of carbonyl (C=O) groups excluding carboxylic acids is 1. The van der Waals surface area contributed by atoms with Crippen LogP contribution < -0.4 is 4.84 Å². The molecule has 0 radical (unpaired) electrons. The Labute approximate surface area is 123 Å². The van der Waals surface area contributed by atoms with Gasteiger partial charge in [-0.2, -0.15) is 8.42 Å². The summed E-state index contributed by atoms with van der Waals surface area (Å²) in [5.74, 6) is -0.872. The molecule has 1 aromatic carbocycles. The summed E-state index contributed by atoms with van der Waals surface area (Å²) in [4.78, 5) is 21.4. The van der Waals surface area contributed by atoms with Crippen molar-refractivity contribution in [2.24, 2.45) is 0 Å². The lowest BCUT2D eigenvalue weighted by Crippen LogP contribution is -2.21. The maximum atomic E-state index is 12.0. The highest BCUT2D eigenvalue weighted by Gasteiger charge is 2.16. The summed E-state index contributed by atoms with van der Waals surface area (Å²) in [5.41, 5.74) is 0.596. The van der Waals surface area contributed by atoms with E-state index in [2.05, 4.69) is 15.3 Å². The Morgan fingerprint density at radius 2 is 2.05 bits per heavy atom. The van der Waals surface area contributed by atoms with Gasteiger partial charge in [-0.15, -0.1) is 5.10 Å². The van der Waals surface area contributed by atoms with Gasteiger partial charge in [-0.05, 0) is 40.4 Å². The van der Waals surface area contributed by atoms with Gasteiger partial charge in [-0.1, -0.05) is 6.07 Å². The highest BCUT2D eigenvalue weighted by molar-refractivity contribution is 7.85. The summed E-state index contributed by atoms with van der Waals surface area (Å²) in [6, 6.07) is 8.07. The van der Waals surface area contributed by atoms with Crippen LogP contribution in [0, 0.1) is 0 Å². The van der Waals surface area contributed by atoms with E-state index in [1.807, 2.05) is 0 Å². The smallest absolute Gasteiger partial charge is 0.310 e. The molecular weight excluding hydrogens is 312 g/mol. The molecule has 0 amide bonds. The average Bonchev–Trinajstić information content (AvgIpc) is 2.90. The van der Waals surface area contributed by atoms with E-state index in [9.17, 15) is 13.2 Å². The largest absolute Gasteiger partial charge is 0.365 e. The summed E-state index contributed by atoms with van der Waals surface area (Å²) in [6.45, 7) is 0. The van der Waals surface area contributed by atoms with Gasteiger partial charge in [0.2, 0.25) is 5.65 Å². The molecule has 0 unspecified atom stereocenters. The predicted molar refractivity (Wildman–Crippen MR) is 72.5 cm³/mol. The van der Waals surface area contributed by atoms with Crippen LogP contribution in [-0.2, 0) is 10.1 Å². The monoisotopic (exact) mass is 320 g/mol. The van der Waals surface area contributed by atoms with Crippen molar-refractivity contribution in [1.82, 2.24) is 20.1 Å². The number of aromatic nitrogens is 4. The number of hydrogen-bond donors (Lipinski definition) is 1. The van der Waals surface area contributed by atoms with Crippen molar-refractivity contribution in [3.05, 3.63) is 48.2 Å². The highest BCUT2D eigenvalue weighted by atomic mass is 32.2. The van der Waals surface area contributed by atoms with Gasteiger partial charge in [0, 0.05) is 6.20 Å². The molecule has 3 rings (SSSR count). The Morgan fingerprint density at radius 3 is 2.82 bits per heavy atom. The maximum Gasteiger partial charge on any atom is 0.365 e. The van der Waals surface area contributed by atoms with Crippen LogP contribution >= 0.6 is 0 Å². The Balaban J connectivity index is 1.92. The van der Waals surface area contributed by atoms with Gasteiger partial charge in [0.05, 0.1) is 10.5 Å². The molecule has 0 fully saturated rings. The number of rotatable bonds is 3. The van der Waals surface area contributed by atoms with Crippen LogP contribution in [0.25, 0.3) is 11.2 Å². The SMILES string of the molecule is O=C(On1nnc2cccnc21)c1cccc(S(=O)(=O)O)c1. The molecule has 0 saturated heterocycles. The summed E-state index contributed by atoms with van der Waals surface area (Å²) in [5, 5.41) is 7.39. The third-order valence-corrected chi connectivity index (χ3v) is 3.57. The molecule has 2 aromatic heterocycles. The Kier molecular flexibility index (Phi) is 3.31. The van der Waals surface area contributed by atoms with Crippen LogP contribution in [0.15, 0.2) is 47.5 Å². The molecule has 22 heavy (non-hydrogen) atoms. The van der Waals surface area contributed by atoms with Gasteiger partial charge < -0.3 is 4.84 Å². The van der Waals surface area contributed by atoms with Crippen molar-refractivity contribution in [3.8, 4) is 0 Å². The molecule has 1 N–H and O–H groups in total. The lowest BCUT2D eigenvalue weighted by atomic mass is 10.2. The van der Waals surface area contributed by atoms with E-state index in [1.165, 1.54) is 18.3 Å². The molecule has 9 nitrogen and oxygen atoms in total. The van der Waals surface area contributed by atoms with E-state index < -0.39 is 21.0 Å². The first-order valence-corrected chi connectivity index (χ1v) is 7.36. The van der Waals surface area contributed by atoms with Crippen molar-refractivity contribution in [2.45, 2.75) is 4.90 Å². The van der Waals surface area contributed by atoms with Crippen molar-refractivity contribution in [1.29, 1.82) is 0 Å². The second-order valence-corrected chi connectivity index (χ2v) is 5.61. The van der Waals surface area contributed by atoms with Crippen LogP contribution in [-0.4, -0.2) is 39.1 Å². The van der Waals surface area contributed by atoms with Gasteiger partial charge in [0.25, 0.3) is 10.1 Å². The Hall–Kier alpha value is -2.85. The average molecular weight is 320 g/mol. The van der Waals surface area contributed by atoms with Crippen LogP contribution in [0.3, 0.4) is 0 Å². The minimum absolute atomic E-state index is 0.0743. The first-order chi connectivity index (χ1) is 10.4. The second kappa shape index (κ2) is 5.16. The summed E-state index contributed by atoms with van der Waals surface area (Å²) >= 11 is 0. The van der Waals surface area contributed by atoms with Gasteiger partial charge >= 0.3 is 5.97 Å². The fraction of sp³-hybridized carbons (Fsp3) is 0. The van der Waals surface area contributed by atoms with Crippen molar-refractivity contribution in [2.75, 3.05) is 0 Å². The molecule has 0 spiro atoms. The first kappa shape index (κ1) is 14.1. The molecule has 0 saturated carbocycles. The quantitative estimate of drug-likeness (QED) is 0.541. The van der Waals surface area contributed by atoms with E-state index in [-0.39, 0.29) is 11.2 Å². The summed E-state index contributed by atoms with van der Waals surface area (Å²) in [6.07, 6.45) is 1.48. The number of fused-ring (bicyclic) bond motifs is 1. The number of nitrogens with zero attached hydrogens (tertiary/aromatic N) is 4. The number of carbonyl (C=O) groups is 1. The van der Waals surface area contributed by atoms with Gasteiger partial charge in [0.15, 0.2) is 0 Å². The molecule has 112 valence electrons. The number of pyridine rings is 1. The minimum atomic E-state index is -4.41. The fourth-order valence-corrected chi connectivity index (χ4v) is 2.25. The molecule has 0 aliphatic heterocycles. The van der Waals surface area contributed by atoms with Crippen molar-refractivity contribution >= 4 is 27.3 Å². The molecule has 2 heterocycles. The summed E-state index contributed by atoms with van der Waals surface area (Å²) < 4.78 is 31.1. The third-order valence-electron chi connectivity index (χ3n) is 2.72. The molecule has 0 aliphatic carbocycles. The highest BCUT2D eigenvalue weighted by Crippen LogP contribution is 2.12. The van der Waals surface area contributed by atoms with Crippen molar-refractivity contribution < 1.29 is 22.6 Å². The second-order valence-electron chi connectivity index (χ2n) is 4.19. The topological polar surface area (TPSA) is 124 Å². The lowest BCUT2D eigenvalue weighted by molar-refractivity contribution is 0.0405. The molecule has 0 aliphatic rings. The zero-order chi connectivity index (χ0) is 15.7. The normalized spacial score (nSPS) is 11.5. The van der Waals surface area contributed by atoms with Gasteiger partial charge in [-0.25, -0.2) is 9.78 Å². The van der Waals surface area contributed by atoms with E-state index >= 15 is 0 Å². The van der Waals surface area contributed by atoms with Crippen LogP contribution in [0.5, 0.6) is 0 Å². The van der Waals surface area contributed by atoms with Crippen molar-refractivity contribution in [3.63, 3.8) is 0 Å². The van der Waals surface area contributed by atoms with E-state index in [4.69, 9.17) is 9.39 Å².